The van der Waals surface area contributed by atoms with Crippen LogP contribution in [0.1, 0.15) is 17.3 Å². The second kappa shape index (κ2) is 6.26. The number of ketones is 1. The van der Waals surface area contributed by atoms with Gasteiger partial charge in [-0.1, -0.05) is 33.8 Å². The largest absolute Gasteiger partial charge is 0.496 e. The van der Waals surface area contributed by atoms with Gasteiger partial charge >= 0.3 is 0 Å². The van der Waals surface area contributed by atoms with Crippen LogP contribution < -0.4 is 4.74 Å². The number of hydrogen-bond donors (Lipinski definition) is 0. The molecule has 4 heteroatoms. The predicted molar refractivity (Wildman–Crippen MR) is 81.3 cm³/mol. The van der Waals surface area contributed by atoms with Crippen LogP contribution in [0.25, 0.3) is 0 Å². The fraction of sp³-hybridized carbons (Fsp3) is 0.133. The summed E-state index contributed by atoms with van der Waals surface area (Å²) in [5.41, 5.74) is 0.637. The molecule has 0 bridgehead atoms. The molecule has 0 saturated heterocycles. The highest BCUT2D eigenvalue weighted by Gasteiger charge is 2.14. The third-order valence-corrected chi connectivity index (χ3v) is 4.20. The van der Waals surface area contributed by atoms with Crippen LogP contribution in [0.3, 0.4) is 0 Å². The van der Waals surface area contributed by atoms with Crippen molar-refractivity contribution in [2.24, 2.45) is 0 Å². The van der Waals surface area contributed by atoms with Gasteiger partial charge in [0.1, 0.15) is 5.75 Å². The molecule has 0 saturated carbocycles. The molecule has 2 nitrogen and oxygen atoms in total. The Balaban J connectivity index is 2.39. The highest BCUT2D eigenvalue weighted by Crippen LogP contribution is 2.35. The van der Waals surface area contributed by atoms with Gasteiger partial charge in [0.25, 0.3) is 0 Å². The van der Waals surface area contributed by atoms with Gasteiger partial charge in [-0.2, -0.15) is 0 Å². The van der Waals surface area contributed by atoms with Crippen molar-refractivity contribution in [3.05, 3.63) is 52.5 Å². The summed E-state index contributed by atoms with van der Waals surface area (Å²) >= 11 is 4.97. The topological polar surface area (TPSA) is 26.3 Å². The first-order valence-corrected chi connectivity index (χ1v) is 7.34. The summed E-state index contributed by atoms with van der Waals surface area (Å²) in [6.07, 6.45) is 0. The highest BCUT2D eigenvalue weighted by molar-refractivity contribution is 9.10. The van der Waals surface area contributed by atoms with Crippen molar-refractivity contribution in [3.8, 4) is 5.75 Å². The first-order valence-electron chi connectivity index (χ1n) is 5.73. The number of rotatable bonds is 4. The van der Waals surface area contributed by atoms with Gasteiger partial charge in [0.15, 0.2) is 5.78 Å². The molecule has 0 amide bonds. The van der Waals surface area contributed by atoms with Crippen LogP contribution in [-0.4, -0.2) is 12.9 Å². The van der Waals surface area contributed by atoms with E-state index in [1.54, 1.807) is 25.8 Å². The molecule has 0 N–H and O–H groups in total. The Kier molecular flexibility index (Phi) is 4.66. The maximum atomic E-state index is 11.8. The maximum Gasteiger partial charge on any atom is 0.164 e. The molecule has 0 spiro atoms. The van der Waals surface area contributed by atoms with Crippen LogP contribution in [0.15, 0.2) is 56.7 Å². The SMILES string of the molecule is COc1cccc(Sc2ccc(Br)cc2)c1C(C)=O. The second-order valence-electron chi connectivity index (χ2n) is 3.95. The summed E-state index contributed by atoms with van der Waals surface area (Å²) in [7, 11) is 1.58. The molecule has 2 aromatic carbocycles. The monoisotopic (exact) mass is 336 g/mol. The van der Waals surface area contributed by atoms with E-state index in [2.05, 4.69) is 15.9 Å². The Morgan fingerprint density at radius 1 is 1.16 bits per heavy atom. The quantitative estimate of drug-likeness (QED) is 0.749. The minimum atomic E-state index is 0.0112. The normalized spacial score (nSPS) is 10.3. The first-order chi connectivity index (χ1) is 9.11. The van der Waals surface area contributed by atoms with Gasteiger partial charge in [-0.3, -0.25) is 4.79 Å². The number of methoxy groups -OCH3 is 1. The molecule has 19 heavy (non-hydrogen) atoms. The number of hydrogen-bond acceptors (Lipinski definition) is 3. The van der Waals surface area contributed by atoms with Crippen molar-refractivity contribution in [2.75, 3.05) is 7.11 Å². The van der Waals surface area contributed by atoms with Gasteiger partial charge in [0, 0.05) is 14.3 Å². The van der Waals surface area contributed by atoms with Crippen LogP contribution in [0.2, 0.25) is 0 Å². The zero-order valence-corrected chi connectivity index (χ0v) is 13.0. The molecule has 2 rings (SSSR count). The Morgan fingerprint density at radius 2 is 1.84 bits per heavy atom. The molecular weight excluding hydrogens is 324 g/mol. The lowest BCUT2D eigenvalue weighted by atomic mass is 10.1. The summed E-state index contributed by atoms with van der Waals surface area (Å²) in [6, 6.07) is 13.6. The first kappa shape index (κ1) is 14.2. The number of carbonyl (C=O) groups excluding carboxylic acids is 1. The number of halogens is 1. The Morgan fingerprint density at radius 3 is 2.42 bits per heavy atom. The van der Waals surface area contributed by atoms with Crippen molar-refractivity contribution < 1.29 is 9.53 Å². The molecule has 0 atom stereocenters. The standard InChI is InChI=1S/C15H13BrO2S/c1-10(17)15-13(18-2)4-3-5-14(15)19-12-8-6-11(16)7-9-12/h3-9H,1-2H3. The molecule has 0 aliphatic rings. The lowest BCUT2D eigenvalue weighted by molar-refractivity contribution is 0.101. The molecule has 0 fully saturated rings. The van der Waals surface area contributed by atoms with Gasteiger partial charge < -0.3 is 4.74 Å². The minimum absolute atomic E-state index is 0.0112. The van der Waals surface area contributed by atoms with E-state index in [1.807, 2.05) is 42.5 Å². The van der Waals surface area contributed by atoms with E-state index in [1.165, 1.54) is 0 Å². The van der Waals surface area contributed by atoms with E-state index in [0.29, 0.717) is 11.3 Å². The van der Waals surface area contributed by atoms with E-state index in [0.717, 1.165) is 14.3 Å². The molecule has 2 aromatic rings. The van der Waals surface area contributed by atoms with Crippen LogP contribution in [0, 0.1) is 0 Å². The second-order valence-corrected chi connectivity index (χ2v) is 5.98. The average molecular weight is 337 g/mol. The molecule has 0 aliphatic carbocycles. The van der Waals surface area contributed by atoms with Crippen LogP contribution in [0.4, 0.5) is 0 Å². The smallest absolute Gasteiger partial charge is 0.164 e. The minimum Gasteiger partial charge on any atom is -0.496 e. The summed E-state index contributed by atoms with van der Waals surface area (Å²) < 4.78 is 6.30. The summed E-state index contributed by atoms with van der Waals surface area (Å²) in [5.74, 6) is 0.631. The molecule has 0 unspecified atom stereocenters. The van der Waals surface area contributed by atoms with E-state index >= 15 is 0 Å². The van der Waals surface area contributed by atoms with E-state index in [4.69, 9.17) is 4.74 Å². The van der Waals surface area contributed by atoms with E-state index < -0.39 is 0 Å². The Bertz CT molecular complexity index is 594. The van der Waals surface area contributed by atoms with Crippen molar-refractivity contribution in [3.63, 3.8) is 0 Å². The molecule has 0 aliphatic heterocycles. The van der Waals surface area contributed by atoms with E-state index in [9.17, 15) is 4.79 Å². The lowest BCUT2D eigenvalue weighted by Gasteiger charge is -2.11. The van der Waals surface area contributed by atoms with Crippen LogP contribution >= 0.6 is 27.7 Å². The average Bonchev–Trinajstić information content (AvgIpc) is 2.40. The number of carbonyl (C=O) groups is 1. The van der Waals surface area contributed by atoms with Crippen molar-refractivity contribution in [1.82, 2.24) is 0 Å². The number of benzene rings is 2. The molecule has 0 radical (unpaired) electrons. The predicted octanol–water partition coefficient (Wildman–Crippen LogP) is 4.81. The fourth-order valence-corrected chi connectivity index (χ4v) is 3.03. The Hall–Kier alpha value is -1.26. The summed E-state index contributed by atoms with van der Waals surface area (Å²) in [5, 5.41) is 0. The third kappa shape index (κ3) is 3.39. The molecule has 98 valence electrons. The van der Waals surface area contributed by atoms with Crippen LogP contribution in [0.5, 0.6) is 5.75 Å². The summed E-state index contributed by atoms with van der Waals surface area (Å²) in [4.78, 5) is 13.8. The van der Waals surface area contributed by atoms with Gasteiger partial charge in [-0.25, -0.2) is 0 Å². The molecule has 0 heterocycles. The molecular formula is C15H13BrO2S. The zero-order valence-electron chi connectivity index (χ0n) is 10.6. The van der Waals surface area contributed by atoms with Crippen molar-refractivity contribution in [2.45, 2.75) is 16.7 Å². The lowest BCUT2D eigenvalue weighted by Crippen LogP contribution is -1.99. The van der Waals surface area contributed by atoms with Crippen molar-refractivity contribution in [1.29, 1.82) is 0 Å². The zero-order chi connectivity index (χ0) is 13.8. The van der Waals surface area contributed by atoms with Crippen LogP contribution in [-0.2, 0) is 0 Å². The maximum absolute atomic E-state index is 11.8. The van der Waals surface area contributed by atoms with Gasteiger partial charge in [0.05, 0.1) is 12.7 Å². The number of ether oxygens (including phenoxy) is 1. The third-order valence-electron chi connectivity index (χ3n) is 2.60. The molecule has 0 aromatic heterocycles. The van der Waals surface area contributed by atoms with Gasteiger partial charge in [-0.15, -0.1) is 0 Å². The van der Waals surface area contributed by atoms with Gasteiger partial charge in [0.2, 0.25) is 0 Å². The Labute approximate surface area is 125 Å². The van der Waals surface area contributed by atoms with Crippen molar-refractivity contribution >= 4 is 33.5 Å². The van der Waals surface area contributed by atoms with Gasteiger partial charge in [-0.05, 0) is 43.3 Å². The number of Topliss-reactive ketones (excluding diaryl/α,β-unsaturated/α-hetero) is 1. The summed E-state index contributed by atoms with van der Waals surface area (Å²) in [6.45, 7) is 1.56. The van der Waals surface area contributed by atoms with E-state index in [-0.39, 0.29) is 5.78 Å². The highest BCUT2D eigenvalue weighted by atomic mass is 79.9. The fourth-order valence-electron chi connectivity index (χ4n) is 1.74.